The van der Waals surface area contributed by atoms with E-state index in [0.717, 1.165) is 15.7 Å². The van der Waals surface area contributed by atoms with E-state index >= 15 is 0 Å². The number of anilines is 1. The first-order valence-corrected chi connectivity index (χ1v) is 8.34. The van der Waals surface area contributed by atoms with Crippen LogP contribution in [0.25, 0.3) is 0 Å². The third-order valence-electron chi connectivity index (χ3n) is 3.47. The first-order chi connectivity index (χ1) is 10.8. The number of benzene rings is 2. The summed E-state index contributed by atoms with van der Waals surface area (Å²) >= 11 is 3.52. The monoisotopic (exact) mass is 375 g/mol. The summed E-state index contributed by atoms with van der Waals surface area (Å²) in [5, 5.41) is 2.86. The zero-order chi connectivity index (χ0) is 17.0. The highest BCUT2D eigenvalue weighted by Gasteiger charge is 2.15. The fourth-order valence-electron chi connectivity index (χ4n) is 2.12. The zero-order valence-corrected chi connectivity index (χ0v) is 15.5. The van der Waals surface area contributed by atoms with Crippen LogP contribution in [0.15, 0.2) is 46.9 Å². The van der Waals surface area contributed by atoms with Gasteiger partial charge in [-0.25, -0.2) is 0 Å². The van der Waals surface area contributed by atoms with Crippen LogP contribution >= 0.6 is 15.9 Å². The van der Waals surface area contributed by atoms with Crippen molar-refractivity contribution in [2.75, 3.05) is 11.9 Å². The molecule has 0 bridgehead atoms. The van der Waals surface area contributed by atoms with Crippen molar-refractivity contribution < 1.29 is 9.53 Å². The lowest BCUT2D eigenvalue weighted by Gasteiger charge is -2.20. The molecular weight excluding hydrogens is 354 g/mol. The maximum Gasteiger partial charge on any atom is 0.262 e. The third-order valence-corrected chi connectivity index (χ3v) is 4.12. The zero-order valence-electron chi connectivity index (χ0n) is 13.9. The van der Waals surface area contributed by atoms with Gasteiger partial charge in [0.15, 0.2) is 6.61 Å². The molecule has 0 saturated carbocycles. The minimum absolute atomic E-state index is 0.0169. The van der Waals surface area contributed by atoms with Gasteiger partial charge in [-0.15, -0.1) is 0 Å². The second kappa shape index (κ2) is 7.18. The Kier molecular flexibility index (Phi) is 5.47. The molecule has 2 aromatic carbocycles. The van der Waals surface area contributed by atoms with Crippen molar-refractivity contribution in [2.24, 2.45) is 0 Å². The van der Waals surface area contributed by atoms with E-state index in [4.69, 9.17) is 4.74 Å². The van der Waals surface area contributed by atoms with Crippen molar-refractivity contribution in [1.29, 1.82) is 0 Å². The van der Waals surface area contributed by atoms with Gasteiger partial charge in [-0.05, 0) is 63.7 Å². The lowest BCUT2D eigenvalue weighted by molar-refractivity contribution is -0.118. The van der Waals surface area contributed by atoms with E-state index in [2.05, 4.69) is 42.0 Å². The van der Waals surface area contributed by atoms with E-state index in [1.165, 1.54) is 5.56 Å². The molecule has 1 amide bonds. The average Bonchev–Trinajstić information content (AvgIpc) is 2.46. The highest BCUT2D eigenvalue weighted by Crippen LogP contribution is 2.30. The fraction of sp³-hybridized carbons (Fsp3) is 0.316. The van der Waals surface area contributed by atoms with E-state index in [9.17, 15) is 4.79 Å². The molecule has 0 aromatic heterocycles. The average molecular weight is 376 g/mol. The molecule has 122 valence electrons. The number of halogens is 1. The normalized spacial score (nSPS) is 11.2. The van der Waals surface area contributed by atoms with Crippen LogP contribution in [0, 0.1) is 6.92 Å². The summed E-state index contributed by atoms with van der Waals surface area (Å²) in [4.78, 5) is 12.0. The fourth-order valence-corrected chi connectivity index (χ4v) is 2.60. The minimum Gasteiger partial charge on any atom is -0.484 e. The Morgan fingerprint density at radius 1 is 1.17 bits per heavy atom. The van der Waals surface area contributed by atoms with Crippen LogP contribution in [0.2, 0.25) is 0 Å². The van der Waals surface area contributed by atoms with E-state index in [1.54, 1.807) is 0 Å². The Morgan fingerprint density at radius 3 is 2.52 bits per heavy atom. The summed E-state index contributed by atoms with van der Waals surface area (Å²) in [5.74, 6) is 0.512. The number of carbonyl (C=O) groups excluding carboxylic acids is 1. The van der Waals surface area contributed by atoms with Crippen molar-refractivity contribution >= 4 is 27.5 Å². The van der Waals surface area contributed by atoms with Crippen molar-refractivity contribution in [2.45, 2.75) is 33.1 Å². The van der Waals surface area contributed by atoms with Crippen LogP contribution < -0.4 is 10.1 Å². The van der Waals surface area contributed by atoms with Gasteiger partial charge in [-0.1, -0.05) is 39.0 Å². The molecule has 1 N–H and O–H groups in total. The maximum absolute atomic E-state index is 12.0. The Balaban J connectivity index is 1.98. The standard InChI is InChI=1S/C19H22BrNO2/c1-13-6-5-7-15(10-13)23-12-18(22)21-17-9-8-14(11-16(17)20)19(2,3)4/h5-11H,12H2,1-4H3,(H,21,22). The smallest absolute Gasteiger partial charge is 0.262 e. The SMILES string of the molecule is Cc1cccc(OCC(=O)Nc2ccc(C(C)(C)C)cc2Br)c1. The van der Waals surface area contributed by atoms with Crippen LogP contribution in [-0.4, -0.2) is 12.5 Å². The molecule has 0 saturated heterocycles. The first kappa shape index (κ1) is 17.5. The van der Waals surface area contributed by atoms with Crippen LogP contribution in [0.3, 0.4) is 0 Å². The van der Waals surface area contributed by atoms with Gasteiger partial charge in [-0.2, -0.15) is 0 Å². The van der Waals surface area contributed by atoms with Crippen molar-refractivity contribution in [1.82, 2.24) is 0 Å². The number of ether oxygens (including phenoxy) is 1. The lowest BCUT2D eigenvalue weighted by atomic mass is 9.87. The van der Waals surface area contributed by atoms with Crippen LogP contribution in [-0.2, 0) is 10.2 Å². The van der Waals surface area contributed by atoms with E-state index in [-0.39, 0.29) is 17.9 Å². The second-order valence-corrected chi connectivity index (χ2v) is 7.45. The molecule has 0 unspecified atom stereocenters. The molecular formula is C19H22BrNO2. The number of hydrogen-bond acceptors (Lipinski definition) is 2. The highest BCUT2D eigenvalue weighted by molar-refractivity contribution is 9.10. The first-order valence-electron chi connectivity index (χ1n) is 7.55. The largest absolute Gasteiger partial charge is 0.484 e. The molecule has 0 fully saturated rings. The topological polar surface area (TPSA) is 38.3 Å². The van der Waals surface area contributed by atoms with E-state index < -0.39 is 0 Å². The number of aryl methyl sites for hydroxylation is 1. The van der Waals surface area contributed by atoms with Gasteiger partial charge in [0.05, 0.1) is 5.69 Å². The molecule has 0 atom stereocenters. The molecule has 3 nitrogen and oxygen atoms in total. The van der Waals surface area contributed by atoms with Crippen LogP contribution in [0.1, 0.15) is 31.9 Å². The Hall–Kier alpha value is -1.81. The van der Waals surface area contributed by atoms with Gasteiger partial charge in [0.25, 0.3) is 5.91 Å². The summed E-state index contributed by atoms with van der Waals surface area (Å²) in [6, 6.07) is 13.6. The third kappa shape index (κ3) is 5.10. The second-order valence-electron chi connectivity index (χ2n) is 6.60. The molecule has 0 radical (unpaired) electrons. The van der Waals surface area contributed by atoms with Gasteiger partial charge < -0.3 is 10.1 Å². The van der Waals surface area contributed by atoms with E-state index in [1.807, 2.05) is 49.4 Å². The lowest BCUT2D eigenvalue weighted by Crippen LogP contribution is -2.20. The molecule has 2 rings (SSSR count). The molecule has 2 aromatic rings. The predicted molar refractivity (Wildman–Crippen MR) is 98.1 cm³/mol. The summed E-state index contributed by atoms with van der Waals surface area (Å²) < 4.78 is 6.38. The van der Waals surface area contributed by atoms with Crippen LogP contribution in [0.5, 0.6) is 5.75 Å². The summed E-state index contributed by atoms with van der Waals surface area (Å²) in [6.45, 7) is 8.44. The van der Waals surface area contributed by atoms with Crippen LogP contribution in [0.4, 0.5) is 5.69 Å². The Bertz CT molecular complexity index is 705. The van der Waals surface area contributed by atoms with Gasteiger partial charge in [0.2, 0.25) is 0 Å². The molecule has 23 heavy (non-hydrogen) atoms. The minimum atomic E-state index is -0.185. The quantitative estimate of drug-likeness (QED) is 0.809. The predicted octanol–water partition coefficient (Wildman–Crippen LogP) is 5.07. The van der Waals surface area contributed by atoms with Gasteiger partial charge in [0.1, 0.15) is 5.75 Å². The summed E-state index contributed by atoms with van der Waals surface area (Å²) in [6.07, 6.45) is 0. The number of rotatable bonds is 4. The number of hydrogen-bond donors (Lipinski definition) is 1. The van der Waals surface area contributed by atoms with Gasteiger partial charge in [-0.3, -0.25) is 4.79 Å². The number of nitrogens with one attached hydrogen (secondary N) is 1. The molecule has 0 heterocycles. The maximum atomic E-state index is 12.0. The molecule has 0 aliphatic rings. The van der Waals surface area contributed by atoms with Crippen molar-refractivity contribution in [3.05, 3.63) is 58.1 Å². The Morgan fingerprint density at radius 2 is 1.91 bits per heavy atom. The summed E-state index contributed by atoms with van der Waals surface area (Å²) in [7, 11) is 0. The molecule has 4 heteroatoms. The van der Waals surface area contributed by atoms with Crippen molar-refractivity contribution in [3.63, 3.8) is 0 Å². The number of carbonyl (C=O) groups is 1. The molecule has 0 aliphatic carbocycles. The Labute approximate surface area is 146 Å². The molecule has 0 spiro atoms. The summed E-state index contributed by atoms with van der Waals surface area (Å²) in [5.41, 5.74) is 3.12. The van der Waals surface area contributed by atoms with E-state index in [0.29, 0.717) is 5.75 Å². The molecule has 0 aliphatic heterocycles. The van der Waals surface area contributed by atoms with Gasteiger partial charge in [0, 0.05) is 4.47 Å². The van der Waals surface area contributed by atoms with Gasteiger partial charge >= 0.3 is 0 Å². The number of amides is 1. The highest BCUT2D eigenvalue weighted by atomic mass is 79.9. The van der Waals surface area contributed by atoms with Crippen molar-refractivity contribution in [3.8, 4) is 5.75 Å².